The second kappa shape index (κ2) is 4.61. The second-order valence-electron chi connectivity index (χ2n) is 2.51. The number of carboxylic acid groups (broad SMARTS) is 1. The molecular formula is C8H5Br2ClO3. The van der Waals surface area contributed by atoms with Gasteiger partial charge in [0.2, 0.25) is 0 Å². The van der Waals surface area contributed by atoms with Crippen molar-refractivity contribution in [2.75, 3.05) is 0 Å². The smallest absolute Gasteiger partial charge is 0.337 e. The van der Waals surface area contributed by atoms with Crippen molar-refractivity contribution in [1.82, 2.24) is 0 Å². The molecule has 0 aliphatic rings. The molecule has 0 aliphatic carbocycles. The predicted octanol–water partition coefficient (Wildman–Crippen LogP) is 2.98. The van der Waals surface area contributed by atoms with Crippen LogP contribution in [-0.2, 0) is 4.79 Å². The summed E-state index contributed by atoms with van der Waals surface area (Å²) in [5.74, 6) is -1.31. The lowest BCUT2D eigenvalue weighted by molar-refractivity contribution is -0.147. The maximum atomic E-state index is 10.5. The van der Waals surface area contributed by atoms with Crippen molar-refractivity contribution >= 4 is 49.4 Å². The van der Waals surface area contributed by atoms with Gasteiger partial charge >= 0.3 is 5.97 Å². The Balaban J connectivity index is 3.24. The minimum Gasteiger partial charge on any atom is -0.479 e. The van der Waals surface area contributed by atoms with Crippen molar-refractivity contribution in [3.8, 4) is 0 Å². The number of halogens is 3. The quantitative estimate of drug-likeness (QED) is 0.811. The number of benzene rings is 1. The van der Waals surface area contributed by atoms with Gasteiger partial charge in [0, 0.05) is 10.0 Å². The topological polar surface area (TPSA) is 57.5 Å². The normalized spacial score (nSPS) is 12.6. The first-order chi connectivity index (χ1) is 6.45. The van der Waals surface area contributed by atoms with Crippen LogP contribution in [0.3, 0.4) is 0 Å². The van der Waals surface area contributed by atoms with Gasteiger partial charge in [-0.3, -0.25) is 0 Å². The van der Waals surface area contributed by atoms with Gasteiger partial charge in [0.1, 0.15) is 0 Å². The Morgan fingerprint density at radius 3 is 2.43 bits per heavy atom. The molecule has 1 unspecified atom stereocenters. The molecule has 0 saturated heterocycles. The van der Waals surface area contributed by atoms with Crippen molar-refractivity contribution in [3.05, 3.63) is 31.7 Å². The summed E-state index contributed by atoms with van der Waals surface area (Å²) in [6.07, 6.45) is -1.56. The molecule has 0 saturated carbocycles. The average Bonchev–Trinajstić information content (AvgIpc) is 2.13. The maximum Gasteiger partial charge on any atom is 0.337 e. The van der Waals surface area contributed by atoms with Gasteiger partial charge in [0.25, 0.3) is 0 Å². The molecule has 0 aliphatic heterocycles. The van der Waals surface area contributed by atoms with Crippen LogP contribution in [0.15, 0.2) is 21.1 Å². The third kappa shape index (κ3) is 2.28. The Kier molecular flexibility index (Phi) is 3.94. The number of carbonyl (C=O) groups is 1. The molecule has 6 heteroatoms. The van der Waals surface area contributed by atoms with E-state index >= 15 is 0 Å². The molecule has 0 heterocycles. The number of aliphatic hydroxyl groups is 1. The Bertz CT molecular complexity index is 381. The zero-order valence-corrected chi connectivity index (χ0v) is 10.6. The highest BCUT2D eigenvalue weighted by Crippen LogP contribution is 2.35. The van der Waals surface area contributed by atoms with Gasteiger partial charge in [0.15, 0.2) is 6.10 Å². The number of aliphatic carboxylic acids is 1. The van der Waals surface area contributed by atoms with Gasteiger partial charge in [0.05, 0.1) is 9.50 Å². The number of aliphatic hydroxyl groups excluding tert-OH is 1. The van der Waals surface area contributed by atoms with E-state index in [1.165, 1.54) is 12.1 Å². The summed E-state index contributed by atoms with van der Waals surface area (Å²) < 4.78 is 0.969. The van der Waals surface area contributed by atoms with Gasteiger partial charge in [-0.25, -0.2) is 4.79 Å². The molecule has 0 amide bonds. The van der Waals surface area contributed by atoms with E-state index in [-0.39, 0.29) is 5.56 Å². The molecule has 2 N–H and O–H groups in total. The lowest BCUT2D eigenvalue weighted by Gasteiger charge is -2.10. The fraction of sp³-hybridized carbons (Fsp3) is 0.125. The van der Waals surface area contributed by atoms with Crippen LogP contribution in [0, 0.1) is 0 Å². The Morgan fingerprint density at radius 2 is 1.93 bits per heavy atom. The number of carboxylic acids is 1. The van der Waals surface area contributed by atoms with Gasteiger partial charge < -0.3 is 10.2 Å². The van der Waals surface area contributed by atoms with E-state index in [1.807, 2.05) is 0 Å². The summed E-state index contributed by atoms with van der Waals surface area (Å²) in [7, 11) is 0. The molecule has 1 rings (SSSR count). The fourth-order valence-electron chi connectivity index (χ4n) is 0.885. The summed E-state index contributed by atoms with van der Waals surface area (Å²) in [5.41, 5.74) is 0.258. The highest BCUT2D eigenvalue weighted by molar-refractivity contribution is 9.13. The van der Waals surface area contributed by atoms with Crippen molar-refractivity contribution < 1.29 is 15.0 Å². The van der Waals surface area contributed by atoms with E-state index in [4.69, 9.17) is 16.7 Å². The first-order valence-electron chi connectivity index (χ1n) is 3.49. The highest BCUT2D eigenvalue weighted by Gasteiger charge is 2.20. The van der Waals surface area contributed by atoms with Gasteiger partial charge in [-0.1, -0.05) is 17.7 Å². The summed E-state index contributed by atoms with van der Waals surface area (Å²) in [5, 5.41) is 18.3. The van der Waals surface area contributed by atoms with E-state index < -0.39 is 12.1 Å². The van der Waals surface area contributed by atoms with Gasteiger partial charge in [-0.05, 0) is 37.9 Å². The van der Waals surface area contributed by atoms with E-state index in [1.54, 1.807) is 0 Å². The average molecular weight is 344 g/mol. The summed E-state index contributed by atoms with van der Waals surface area (Å²) in [6.45, 7) is 0. The minimum atomic E-state index is -1.56. The second-order valence-corrected chi connectivity index (χ2v) is 4.50. The van der Waals surface area contributed by atoms with Crippen molar-refractivity contribution in [1.29, 1.82) is 0 Å². The monoisotopic (exact) mass is 342 g/mol. The van der Waals surface area contributed by atoms with Crippen LogP contribution in [-0.4, -0.2) is 16.2 Å². The summed E-state index contributed by atoms with van der Waals surface area (Å²) in [4.78, 5) is 10.5. The standard InChI is InChI=1S/C8H5Br2ClO3/c9-5-3(7(12)8(13)14)1-2-4(11)6(5)10/h1-2,7,12H,(H,13,14). The Labute approximate surface area is 102 Å². The molecule has 0 aromatic heterocycles. The lowest BCUT2D eigenvalue weighted by atomic mass is 10.1. The van der Waals surface area contributed by atoms with Gasteiger partial charge in [-0.15, -0.1) is 0 Å². The number of hydrogen-bond donors (Lipinski definition) is 2. The van der Waals surface area contributed by atoms with Crippen LogP contribution in [0.2, 0.25) is 5.02 Å². The molecule has 76 valence electrons. The van der Waals surface area contributed by atoms with Crippen molar-refractivity contribution in [2.45, 2.75) is 6.10 Å². The molecule has 1 aromatic rings. The van der Waals surface area contributed by atoms with Crippen LogP contribution in [0.5, 0.6) is 0 Å². The molecule has 0 spiro atoms. The highest BCUT2D eigenvalue weighted by atomic mass is 79.9. The fourth-order valence-corrected chi connectivity index (χ4v) is 2.08. The predicted molar refractivity (Wildman–Crippen MR) is 59.4 cm³/mol. The third-order valence-electron chi connectivity index (χ3n) is 1.59. The molecule has 1 atom stereocenters. The van der Waals surface area contributed by atoms with Crippen LogP contribution in [0.4, 0.5) is 0 Å². The van der Waals surface area contributed by atoms with Crippen molar-refractivity contribution in [3.63, 3.8) is 0 Å². The number of hydrogen-bond acceptors (Lipinski definition) is 2. The first kappa shape index (κ1) is 12.0. The Hall–Kier alpha value is -0.100. The lowest BCUT2D eigenvalue weighted by Crippen LogP contribution is -2.11. The molecule has 1 aromatic carbocycles. The SMILES string of the molecule is O=C(O)C(O)c1ccc(Cl)c(Br)c1Br. The van der Waals surface area contributed by atoms with Crippen LogP contribution in [0.1, 0.15) is 11.7 Å². The zero-order valence-electron chi connectivity index (χ0n) is 6.67. The van der Waals surface area contributed by atoms with E-state index in [9.17, 15) is 9.90 Å². The maximum absolute atomic E-state index is 10.5. The Morgan fingerprint density at radius 1 is 1.36 bits per heavy atom. The van der Waals surface area contributed by atoms with Crippen LogP contribution in [0.25, 0.3) is 0 Å². The van der Waals surface area contributed by atoms with E-state index in [0.29, 0.717) is 14.0 Å². The third-order valence-corrected chi connectivity index (χ3v) is 4.35. The molecule has 0 fully saturated rings. The zero-order chi connectivity index (χ0) is 10.9. The van der Waals surface area contributed by atoms with Gasteiger partial charge in [-0.2, -0.15) is 0 Å². The van der Waals surface area contributed by atoms with E-state index in [2.05, 4.69) is 31.9 Å². The summed E-state index contributed by atoms with van der Waals surface area (Å²) in [6, 6.07) is 2.97. The first-order valence-corrected chi connectivity index (χ1v) is 5.45. The number of rotatable bonds is 2. The molecule has 14 heavy (non-hydrogen) atoms. The van der Waals surface area contributed by atoms with Crippen molar-refractivity contribution in [2.24, 2.45) is 0 Å². The summed E-state index contributed by atoms with van der Waals surface area (Å²) >= 11 is 12.1. The molecule has 0 bridgehead atoms. The van der Waals surface area contributed by atoms with Crippen LogP contribution >= 0.6 is 43.5 Å². The minimum absolute atomic E-state index is 0.258. The molecule has 0 radical (unpaired) electrons. The molecular weight excluding hydrogens is 339 g/mol. The van der Waals surface area contributed by atoms with E-state index in [0.717, 1.165) is 0 Å². The van der Waals surface area contributed by atoms with Crippen LogP contribution < -0.4 is 0 Å². The largest absolute Gasteiger partial charge is 0.479 e. The molecule has 3 nitrogen and oxygen atoms in total.